The van der Waals surface area contributed by atoms with Crippen LogP contribution >= 0.6 is 0 Å². The molecule has 0 saturated carbocycles. The standard InChI is InChI=1S/C27H26FN3O/c1-18-13-20(14-19-8-10-22(28)11-9-19)15-25(30-18)26-7-4-12-31(26)27(32)16-21-17-29-24-6-3-2-5-23(21)24/h2-3,5-6,8-11,13,15,17,26,29H,4,7,12,14,16H2,1H3. The number of amides is 1. The van der Waals surface area contributed by atoms with Crippen LogP contribution in [0.2, 0.25) is 0 Å². The van der Waals surface area contributed by atoms with Crippen LogP contribution in [0.3, 0.4) is 0 Å². The average Bonchev–Trinajstić information content (AvgIpc) is 3.43. The predicted octanol–water partition coefficient (Wildman–Crippen LogP) is 5.51. The summed E-state index contributed by atoms with van der Waals surface area (Å²) >= 11 is 0. The maximum absolute atomic E-state index is 13.3. The second-order valence-corrected chi connectivity index (χ2v) is 8.63. The fourth-order valence-electron chi connectivity index (χ4n) is 4.79. The van der Waals surface area contributed by atoms with Crippen LogP contribution in [-0.2, 0) is 17.6 Å². The molecule has 162 valence electrons. The van der Waals surface area contributed by atoms with Gasteiger partial charge in [0.05, 0.1) is 18.2 Å². The summed E-state index contributed by atoms with van der Waals surface area (Å²) in [5.41, 5.74) is 6.17. The number of hydrogen-bond donors (Lipinski definition) is 1. The number of nitrogens with one attached hydrogen (secondary N) is 1. The number of nitrogens with zero attached hydrogens (tertiary/aromatic N) is 2. The molecule has 1 unspecified atom stereocenters. The van der Waals surface area contributed by atoms with Crippen molar-refractivity contribution in [3.05, 3.63) is 101 Å². The number of aryl methyl sites for hydroxylation is 1. The van der Waals surface area contributed by atoms with E-state index in [1.807, 2.05) is 48.4 Å². The summed E-state index contributed by atoms with van der Waals surface area (Å²) in [6.45, 7) is 2.75. The number of fused-ring (bicyclic) bond motifs is 1. The van der Waals surface area contributed by atoms with Crippen molar-refractivity contribution in [2.45, 2.75) is 38.6 Å². The molecule has 0 radical (unpaired) electrons. The Morgan fingerprint density at radius 1 is 1.12 bits per heavy atom. The number of aromatic amines is 1. The first-order valence-corrected chi connectivity index (χ1v) is 11.1. The van der Waals surface area contributed by atoms with E-state index >= 15 is 0 Å². The summed E-state index contributed by atoms with van der Waals surface area (Å²) in [5, 5.41) is 1.10. The van der Waals surface area contributed by atoms with Gasteiger partial charge in [-0.05, 0) is 73.2 Å². The molecule has 1 amide bonds. The number of H-pyrrole nitrogens is 1. The zero-order valence-electron chi connectivity index (χ0n) is 18.1. The molecule has 1 fully saturated rings. The lowest BCUT2D eigenvalue weighted by molar-refractivity contribution is -0.131. The Morgan fingerprint density at radius 2 is 1.94 bits per heavy atom. The molecule has 1 N–H and O–H groups in total. The van der Waals surface area contributed by atoms with Gasteiger partial charge in [0.15, 0.2) is 0 Å². The highest BCUT2D eigenvalue weighted by molar-refractivity contribution is 5.89. The van der Waals surface area contributed by atoms with E-state index < -0.39 is 0 Å². The Morgan fingerprint density at radius 3 is 2.78 bits per heavy atom. The number of carbonyl (C=O) groups excluding carboxylic acids is 1. The van der Waals surface area contributed by atoms with Crippen molar-refractivity contribution in [2.75, 3.05) is 6.54 Å². The molecular weight excluding hydrogens is 401 g/mol. The molecule has 0 bridgehead atoms. The summed E-state index contributed by atoms with van der Waals surface area (Å²) in [7, 11) is 0. The molecular formula is C27H26FN3O. The highest BCUT2D eigenvalue weighted by Gasteiger charge is 2.31. The largest absolute Gasteiger partial charge is 0.361 e. The molecule has 5 rings (SSSR count). The van der Waals surface area contributed by atoms with E-state index in [1.54, 1.807) is 0 Å². The number of aromatic nitrogens is 2. The van der Waals surface area contributed by atoms with E-state index in [0.717, 1.165) is 58.4 Å². The Bertz CT molecular complexity index is 1260. The summed E-state index contributed by atoms with van der Waals surface area (Å²) in [6.07, 6.45) is 4.94. The highest BCUT2D eigenvalue weighted by Crippen LogP contribution is 2.33. The molecule has 5 heteroatoms. The van der Waals surface area contributed by atoms with Gasteiger partial charge in [-0.3, -0.25) is 9.78 Å². The zero-order valence-corrected chi connectivity index (χ0v) is 18.1. The van der Waals surface area contributed by atoms with Crippen LogP contribution in [0.15, 0.2) is 66.9 Å². The smallest absolute Gasteiger partial charge is 0.227 e. The van der Waals surface area contributed by atoms with Crippen LogP contribution in [0.25, 0.3) is 10.9 Å². The van der Waals surface area contributed by atoms with E-state index in [-0.39, 0.29) is 17.8 Å². The lowest BCUT2D eigenvalue weighted by Crippen LogP contribution is -2.32. The third-order valence-electron chi connectivity index (χ3n) is 6.29. The van der Waals surface area contributed by atoms with Crippen molar-refractivity contribution < 1.29 is 9.18 Å². The second kappa shape index (κ2) is 8.58. The number of carbonyl (C=O) groups is 1. The van der Waals surface area contributed by atoms with Gasteiger partial charge in [0, 0.05) is 29.3 Å². The fraction of sp³-hybridized carbons (Fsp3) is 0.259. The van der Waals surface area contributed by atoms with Crippen molar-refractivity contribution in [1.82, 2.24) is 14.9 Å². The summed E-state index contributed by atoms with van der Waals surface area (Å²) < 4.78 is 13.2. The van der Waals surface area contributed by atoms with Gasteiger partial charge in [0.1, 0.15) is 5.82 Å². The number of benzene rings is 2. The van der Waals surface area contributed by atoms with Crippen molar-refractivity contribution >= 4 is 16.8 Å². The summed E-state index contributed by atoms with van der Waals surface area (Å²) in [6, 6.07) is 18.9. The van der Waals surface area contributed by atoms with Crippen molar-refractivity contribution in [2.24, 2.45) is 0 Å². The van der Waals surface area contributed by atoms with E-state index in [1.165, 1.54) is 12.1 Å². The quantitative estimate of drug-likeness (QED) is 0.457. The van der Waals surface area contributed by atoms with E-state index in [9.17, 15) is 9.18 Å². The first-order valence-electron chi connectivity index (χ1n) is 11.1. The summed E-state index contributed by atoms with van der Waals surface area (Å²) in [5.74, 6) is -0.0868. The van der Waals surface area contributed by atoms with Crippen LogP contribution in [0, 0.1) is 12.7 Å². The van der Waals surface area contributed by atoms with Crippen molar-refractivity contribution in [3.63, 3.8) is 0 Å². The van der Waals surface area contributed by atoms with E-state index in [4.69, 9.17) is 4.98 Å². The molecule has 4 aromatic rings. The Hall–Kier alpha value is -3.47. The fourth-order valence-corrected chi connectivity index (χ4v) is 4.79. The molecule has 1 aliphatic heterocycles. The minimum Gasteiger partial charge on any atom is -0.361 e. The lowest BCUT2D eigenvalue weighted by atomic mass is 10.0. The first-order chi connectivity index (χ1) is 15.6. The molecule has 4 nitrogen and oxygen atoms in total. The zero-order chi connectivity index (χ0) is 22.1. The number of rotatable bonds is 5. The molecule has 32 heavy (non-hydrogen) atoms. The van der Waals surface area contributed by atoms with Gasteiger partial charge in [0.2, 0.25) is 5.91 Å². The molecule has 2 aromatic heterocycles. The van der Waals surface area contributed by atoms with Crippen LogP contribution in [0.1, 0.15) is 47.0 Å². The maximum atomic E-state index is 13.3. The SMILES string of the molecule is Cc1cc(Cc2ccc(F)cc2)cc(C2CCCN2C(=O)Cc2c[nH]c3ccccc23)n1. The van der Waals surface area contributed by atoms with E-state index in [2.05, 4.69) is 23.2 Å². The van der Waals surface area contributed by atoms with Crippen LogP contribution in [0.4, 0.5) is 4.39 Å². The minimum atomic E-state index is -0.226. The molecule has 3 heterocycles. The van der Waals surface area contributed by atoms with Crippen LogP contribution in [-0.4, -0.2) is 27.3 Å². The number of pyridine rings is 1. The third-order valence-corrected chi connectivity index (χ3v) is 6.29. The minimum absolute atomic E-state index is 0.000395. The van der Waals surface area contributed by atoms with Gasteiger partial charge in [-0.25, -0.2) is 4.39 Å². The molecule has 0 spiro atoms. The highest BCUT2D eigenvalue weighted by atomic mass is 19.1. The number of halogens is 1. The normalized spacial score (nSPS) is 16.1. The lowest BCUT2D eigenvalue weighted by Gasteiger charge is -2.25. The first kappa shape index (κ1) is 20.4. The van der Waals surface area contributed by atoms with Crippen LogP contribution in [0.5, 0.6) is 0 Å². The number of likely N-dealkylation sites (tertiary alicyclic amines) is 1. The molecule has 1 atom stereocenters. The molecule has 0 aliphatic carbocycles. The van der Waals surface area contributed by atoms with Gasteiger partial charge in [0.25, 0.3) is 0 Å². The van der Waals surface area contributed by atoms with Gasteiger partial charge in [-0.15, -0.1) is 0 Å². The van der Waals surface area contributed by atoms with Gasteiger partial charge in [-0.2, -0.15) is 0 Å². The summed E-state index contributed by atoms with van der Waals surface area (Å²) in [4.78, 5) is 23.3. The Kier molecular flexibility index (Phi) is 5.48. The van der Waals surface area contributed by atoms with Gasteiger partial charge < -0.3 is 9.88 Å². The topological polar surface area (TPSA) is 49.0 Å². The number of para-hydroxylation sites is 1. The van der Waals surface area contributed by atoms with Gasteiger partial charge in [-0.1, -0.05) is 30.3 Å². The average molecular weight is 428 g/mol. The van der Waals surface area contributed by atoms with Crippen molar-refractivity contribution in [1.29, 1.82) is 0 Å². The van der Waals surface area contributed by atoms with Gasteiger partial charge >= 0.3 is 0 Å². The number of hydrogen-bond acceptors (Lipinski definition) is 2. The second-order valence-electron chi connectivity index (χ2n) is 8.63. The Labute approximate surface area is 187 Å². The van der Waals surface area contributed by atoms with Crippen LogP contribution < -0.4 is 0 Å². The third kappa shape index (κ3) is 4.15. The molecule has 1 aliphatic rings. The van der Waals surface area contributed by atoms with E-state index in [0.29, 0.717) is 12.8 Å². The maximum Gasteiger partial charge on any atom is 0.227 e. The predicted molar refractivity (Wildman–Crippen MR) is 124 cm³/mol. The molecule has 1 saturated heterocycles. The van der Waals surface area contributed by atoms with Crippen molar-refractivity contribution in [3.8, 4) is 0 Å². The monoisotopic (exact) mass is 427 g/mol. The molecule has 2 aromatic carbocycles. The Balaban J connectivity index is 1.37.